The average Bonchev–Trinajstić information content (AvgIpc) is 3.16. The van der Waals surface area contributed by atoms with Gasteiger partial charge in [-0.2, -0.15) is 0 Å². The molecular weight excluding hydrogens is 336 g/mol. The normalized spacial score (nSPS) is 16.1. The van der Waals surface area contributed by atoms with E-state index in [4.69, 9.17) is 4.42 Å². The van der Waals surface area contributed by atoms with E-state index in [1.54, 1.807) is 0 Å². The molecule has 1 N–H and O–H groups in total. The first kappa shape index (κ1) is 15.1. The Morgan fingerprint density at radius 2 is 1.85 bits per heavy atom. The Kier molecular flexibility index (Phi) is 3.07. The van der Waals surface area contributed by atoms with Crippen LogP contribution in [0.15, 0.2) is 51.8 Å². The van der Waals surface area contributed by atoms with E-state index in [2.05, 4.69) is 16.0 Å². The van der Waals surface area contributed by atoms with Crippen LogP contribution in [-0.4, -0.2) is 18.1 Å². The minimum Gasteiger partial charge on any atom is -0.422 e. The second-order valence-corrected chi connectivity index (χ2v) is 7.70. The van der Waals surface area contributed by atoms with Gasteiger partial charge in [0.15, 0.2) is 0 Å². The summed E-state index contributed by atoms with van der Waals surface area (Å²) in [5.41, 5.74) is 7.14. The van der Waals surface area contributed by atoms with Crippen molar-refractivity contribution in [1.29, 1.82) is 0 Å². The Morgan fingerprint density at radius 1 is 0.963 bits per heavy atom. The lowest BCUT2D eigenvalue weighted by Gasteiger charge is -2.37. The lowest BCUT2D eigenvalue weighted by molar-refractivity contribution is 0.552. The van der Waals surface area contributed by atoms with Crippen LogP contribution in [0.25, 0.3) is 33.0 Å². The second-order valence-electron chi connectivity index (χ2n) is 7.70. The van der Waals surface area contributed by atoms with Crippen LogP contribution < -0.4 is 10.5 Å². The van der Waals surface area contributed by atoms with Gasteiger partial charge >= 0.3 is 5.63 Å². The monoisotopic (exact) mass is 356 g/mol. The van der Waals surface area contributed by atoms with Crippen LogP contribution in [0.4, 0.5) is 5.69 Å². The summed E-state index contributed by atoms with van der Waals surface area (Å²) in [5, 5.41) is 2.15. The first-order valence-electron chi connectivity index (χ1n) is 9.73. The molecule has 4 aromatic rings. The van der Waals surface area contributed by atoms with Crippen molar-refractivity contribution in [2.45, 2.75) is 25.7 Å². The molecule has 0 fully saturated rings. The second kappa shape index (κ2) is 5.49. The third kappa shape index (κ3) is 2.19. The molecule has 0 unspecified atom stereocenters. The molecule has 2 aliphatic rings. The van der Waals surface area contributed by atoms with Crippen LogP contribution in [0.5, 0.6) is 0 Å². The highest BCUT2D eigenvalue weighted by atomic mass is 16.4. The van der Waals surface area contributed by atoms with Crippen LogP contribution in [0.1, 0.15) is 24.0 Å². The van der Waals surface area contributed by atoms with Gasteiger partial charge in [0.2, 0.25) is 0 Å². The zero-order chi connectivity index (χ0) is 18.0. The molecule has 4 nitrogen and oxygen atoms in total. The number of H-pyrrole nitrogens is 1. The van der Waals surface area contributed by atoms with Crippen LogP contribution >= 0.6 is 0 Å². The maximum Gasteiger partial charge on any atom is 0.344 e. The van der Waals surface area contributed by atoms with Crippen molar-refractivity contribution >= 4 is 27.6 Å². The average molecular weight is 356 g/mol. The van der Waals surface area contributed by atoms with Crippen LogP contribution in [-0.2, 0) is 12.8 Å². The third-order valence-electron chi connectivity index (χ3n) is 6.08. The van der Waals surface area contributed by atoms with Crippen molar-refractivity contribution in [3.05, 3.63) is 64.1 Å². The summed E-state index contributed by atoms with van der Waals surface area (Å²) in [6, 6.07) is 12.3. The fourth-order valence-electron chi connectivity index (χ4n) is 4.87. The van der Waals surface area contributed by atoms with E-state index in [0.29, 0.717) is 5.56 Å². The van der Waals surface area contributed by atoms with Crippen molar-refractivity contribution in [3.63, 3.8) is 0 Å². The van der Waals surface area contributed by atoms with Crippen molar-refractivity contribution in [1.82, 2.24) is 4.98 Å². The Hall–Kier alpha value is -3.01. The number of aromatic nitrogens is 1. The predicted molar refractivity (Wildman–Crippen MR) is 109 cm³/mol. The number of nitrogens with one attached hydrogen (secondary N) is 1. The maximum atomic E-state index is 12.9. The summed E-state index contributed by atoms with van der Waals surface area (Å²) in [6.07, 6.45) is 6.35. The number of fused-ring (bicyclic) bond motifs is 3. The van der Waals surface area contributed by atoms with Gasteiger partial charge in [0, 0.05) is 41.4 Å². The minimum atomic E-state index is -0.249. The van der Waals surface area contributed by atoms with E-state index in [9.17, 15) is 4.79 Å². The molecule has 2 aromatic heterocycles. The van der Waals surface area contributed by atoms with E-state index < -0.39 is 0 Å². The van der Waals surface area contributed by atoms with Gasteiger partial charge in [0.05, 0.1) is 5.56 Å². The molecular formula is C23H20N2O2. The molecule has 2 aliphatic heterocycles. The van der Waals surface area contributed by atoms with E-state index in [1.807, 2.05) is 36.5 Å². The predicted octanol–water partition coefficient (Wildman–Crippen LogP) is 4.64. The molecule has 0 saturated carbocycles. The minimum absolute atomic E-state index is 0.249. The Labute approximate surface area is 156 Å². The van der Waals surface area contributed by atoms with Crippen LogP contribution in [0.3, 0.4) is 0 Å². The topological polar surface area (TPSA) is 49.2 Å². The van der Waals surface area contributed by atoms with Gasteiger partial charge in [-0.15, -0.1) is 0 Å². The molecule has 4 heteroatoms. The number of benzene rings is 2. The van der Waals surface area contributed by atoms with Crippen LogP contribution in [0.2, 0.25) is 0 Å². The number of hydrogen-bond acceptors (Lipinski definition) is 3. The summed E-state index contributed by atoms with van der Waals surface area (Å²) < 4.78 is 5.92. The molecule has 0 amide bonds. The molecule has 0 spiro atoms. The summed E-state index contributed by atoms with van der Waals surface area (Å²) >= 11 is 0. The molecule has 134 valence electrons. The summed E-state index contributed by atoms with van der Waals surface area (Å²) in [5.74, 6) is 0. The van der Waals surface area contributed by atoms with E-state index >= 15 is 0 Å². The van der Waals surface area contributed by atoms with Crippen molar-refractivity contribution in [3.8, 4) is 11.1 Å². The Morgan fingerprint density at radius 3 is 2.78 bits per heavy atom. The third-order valence-corrected chi connectivity index (χ3v) is 6.08. The van der Waals surface area contributed by atoms with Gasteiger partial charge in [-0.3, -0.25) is 0 Å². The highest BCUT2D eigenvalue weighted by molar-refractivity contribution is 5.92. The highest BCUT2D eigenvalue weighted by Gasteiger charge is 2.27. The number of nitrogens with zero attached hydrogens (tertiary/aromatic N) is 1. The highest BCUT2D eigenvalue weighted by Crippen LogP contribution is 2.40. The molecule has 0 saturated heterocycles. The number of anilines is 1. The van der Waals surface area contributed by atoms with Crippen molar-refractivity contribution in [2.24, 2.45) is 0 Å². The Bertz CT molecular complexity index is 1260. The zero-order valence-corrected chi connectivity index (χ0v) is 15.0. The quantitative estimate of drug-likeness (QED) is 0.506. The lowest BCUT2D eigenvalue weighted by atomic mass is 9.89. The van der Waals surface area contributed by atoms with Gasteiger partial charge in [-0.1, -0.05) is 6.07 Å². The zero-order valence-electron chi connectivity index (χ0n) is 15.0. The summed E-state index contributed by atoms with van der Waals surface area (Å²) in [4.78, 5) is 18.5. The smallest absolute Gasteiger partial charge is 0.344 e. The van der Waals surface area contributed by atoms with Crippen molar-refractivity contribution < 1.29 is 4.42 Å². The van der Waals surface area contributed by atoms with Crippen molar-refractivity contribution in [2.75, 3.05) is 18.0 Å². The molecule has 27 heavy (non-hydrogen) atoms. The SMILES string of the molecule is O=c1oc2c3c4c(cc2cc1-c1ccc2[nH]ccc2c1)CCCN4CCC3. The first-order chi connectivity index (χ1) is 13.3. The van der Waals surface area contributed by atoms with Gasteiger partial charge in [0.1, 0.15) is 5.58 Å². The molecule has 0 atom stereocenters. The van der Waals surface area contributed by atoms with Crippen LogP contribution in [0, 0.1) is 0 Å². The van der Waals surface area contributed by atoms with Gasteiger partial charge in [-0.25, -0.2) is 4.79 Å². The number of aryl methyl sites for hydroxylation is 2. The molecule has 0 bridgehead atoms. The fraction of sp³-hybridized carbons (Fsp3) is 0.261. The Balaban J connectivity index is 1.61. The largest absolute Gasteiger partial charge is 0.422 e. The molecule has 0 radical (unpaired) electrons. The number of hydrogen-bond donors (Lipinski definition) is 1. The molecule has 6 rings (SSSR count). The molecule has 0 aliphatic carbocycles. The number of rotatable bonds is 1. The molecule has 4 heterocycles. The maximum absolute atomic E-state index is 12.9. The van der Waals surface area contributed by atoms with E-state index in [1.165, 1.54) is 23.2 Å². The fourth-order valence-corrected chi connectivity index (χ4v) is 4.87. The van der Waals surface area contributed by atoms with Gasteiger partial charge in [-0.05, 0) is 72.5 Å². The van der Waals surface area contributed by atoms with Gasteiger partial charge in [0.25, 0.3) is 0 Å². The lowest BCUT2D eigenvalue weighted by Crippen LogP contribution is -2.34. The van der Waals surface area contributed by atoms with Gasteiger partial charge < -0.3 is 14.3 Å². The first-order valence-corrected chi connectivity index (χ1v) is 9.73. The van der Waals surface area contributed by atoms with E-state index in [0.717, 1.165) is 59.8 Å². The summed E-state index contributed by atoms with van der Waals surface area (Å²) in [7, 11) is 0. The van der Waals surface area contributed by atoms with E-state index in [-0.39, 0.29) is 5.63 Å². The standard InChI is InChI=1S/C23H20N2O2/c26-23-19(14-5-6-20-15(11-14)7-8-24-20)13-17-12-16-3-1-9-25-10-2-4-18(21(16)25)22(17)27-23/h5-8,11-13,24H,1-4,9-10H2. The molecule has 2 aromatic carbocycles. The summed E-state index contributed by atoms with van der Waals surface area (Å²) in [6.45, 7) is 2.23. The number of aromatic amines is 1.